The molecule has 1 saturated heterocycles. The molecule has 2 heterocycles. The SMILES string of the molecule is Cc1c(C(=O)N2CCC(N)C(C)(C)C2)oc2ccccc12.Cl. The third-order valence-corrected chi connectivity index (χ3v) is 4.64. The molecule has 0 saturated carbocycles. The number of fused-ring (bicyclic) bond motifs is 1. The fourth-order valence-electron chi connectivity index (χ4n) is 3.07. The van der Waals surface area contributed by atoms with Gasteiger partial charge in [-0.2, -0.15) is 0 Å². The highest BCUT2D eigenvalue weighted by Crippen LogP contribution is 2.31. The molecule has 5 heteroatoms. The number of carbonyl (C=O) groups excluding carboxylic acids is 1. The lowest BCUT2D eigenvalue weighted by molar-refractivity contribution is 0.0504. The molecule has 0 spiro atoms. The summed E-state index contributed by atoms with van der Waals surface area (Å²) in [4.78, 5) is 14.6. The van der Waals surface area contributed by atoms with E-state index in [-0.39, 0.29) is 29.8 Å². The molecule has 2 aromatic rings. The first kappa shape index (κ1) is 16.8. The van der Waals surface area contributed by atoms with Crippen LogP contribution < -0.4 is 5.73 Å². The number of nitrogens with two attached hydrogens (primary N) is 1. The number of piperidine rings is 1. The van der Waals surface area contributed by atoms with Gasteiger partial charge in [-0.05, 0) is 24.8 Å². The van der Waals surface area contributed by atoms with Crippen molar-refractivity contribution < 1.29 is 9.21 Å². The van der Waals surface area contributed by atoms with E-state index in [0.29, 0.717) is 18.8 Å². The molecule has 0 bridgehead atoms. The number of hydrogen-bond donors (Lipinski definition) is 1. The van der Waals surface area contributed by atoms with Crippen LogP contribution in [0.1, 0.15) is 36.4 Å². The van der Waals surface area contributed by atoms with Crippen molar-refractivity contribution in [3.05, 3.63) is 35.6 Å². The summed E-state index contributed by atoms with van der Waals surface area (Å²) in [5, 5.41) is 1.01. The van der Waals surface area contributed by atoms with Crippen molar-refractivity contribution in [3.63, 3.8) is 0 Å². The molecule has 1 aromatic carbocycles. The van der Waals surface area contributed by atoms with Crippen LogP contribution in [0.3, 0.4) is 0 Å². The van der Waals surface area contributed by atoms with E-state index < -0.39 is 0 Å². The van der Waals surface area contributed by atoms with Crippen LogP contribution in [0.2, 0.25) is 0 Å². The van der Waals surface area contributed by atoms with E-state index in [1.54, 1.807) is 0 Å². The van der Waals surface area contributed by atoms with Crippen LogP contribution in [0.5, 0.6) is 0 Å². The first-order valence-electron chi connectivity index (χ1n) is 7.43. The van der Waals surface area contributed by atoms with Gasteiger partial charge >= 0.3 is 0 Å². The summed E-state index contributed by atoms with van der Waals surface area (Å²) in [6.07, 6.45) is 0.831. The number of likely N-dealkylation sites (tertiary alicyclic amines) is 1. The molecule has 4 nitrogen and oxygen atoms in total. The van der Waals surface area contributed by atoms with Crippen molar-refractivity contribution in [2.45, 2.75) is 33.2 Å². The van der Waals surface area contributed by atoms with Crippen molar-refractivity contribution in [2.75, 3.05) is 13.1 Å². The number of benzene rings is 1. The number of para-hydroxylation sites is 1. The van der Waals surface area contributed by atoms with Crippen molar-refractivity contribution in [3.8, 4) is 0 Å². The summed E-state index contributed by atoms with van der Waals surface area (Å²) in [5.74, 6) is 0.436. The van der Waals surface area contributed by atoms with Gasteiger partial charge in [-0.15, -0.1) is 12.4 Å². The molecule has 1 unspecified atom stereocenters. The Labute approximate surface area is 137 Å². The van der Waals surface area contributed by atoms with E-state index >= 15 is 0 Å². The summed E-state index contributed by atoms with van der Waals surface area (Å²) in [6.45, 7) is 7.54. The first-order valence-corrected chi connectivity index (χ1v) is 7.43. The molecular weight excluding hydrogens is 300 g/mol. The second-order valence-corrected chi connectivity index (χ2v) is 6.66. The van der Waals surface area contributed by atoms with Crippen LogP contribution >= 0.6 is 12.4 Å². The van der Waals surface area contributed by atoms with Gasteiger partial charge in [0, 0.05) is 30.1 Å². The quantitative estimate of drug-likeness (QED) is 0.875. The second-order valence-electron chi connectivity index (χ2n) is 6.66. The average molecular weight is 323 g/mol. The topological polar surface area (TPSA) is 59.5 Å². The Kier molecular flexibility index (Phi) is 4.54. The van der Waals surface area contributed by atoms with E-state index in [1.165, 1.54) is 0 Å². The second kappa shape index (κ2) is 5.94. The zero-order valence-corrected chi connectivity index (χ0v) is 14.1. The van der Waals surface area contributed by atoms with Crippen LogP contribution in [0.4, 0.5) is 0 Å². The van der Waals surface area contributed by atoms with Gasteiger partial charge in [0.2, 0.25) is 0 Å². The number of furan rings is 1. The number of carbonyl (C=O) groups is 1. The maximum absolute atomic E-state index is 12.8. The molecule has 1 fully saturated rings. The number of hydrogen-bond acceptors (Lipinski definition) is 3. The minimum absolute atomic E-state index is 0. The number of halogens is 1. The first-order chi connectivity index (χ1) is 9.90. The van der Waals surface area contributed by atoms with Crippen LogP contribution in [0.25, 0.3) is 11.0 Å². The monoisotopic (exact) mass is 322 g/mol. The van der Waals surface area contributed by atoms with Gasteiger partial charge in [-0.25, -0.2) is 0 Å². The Morgan fingerprint density at radius 1 is 1.36 bits per heavy atom. The van der Waals surface area contributed by atoms with Gasteiger partial charge in [-0.3, -0.25) is 4.79 Å². The third-order valence-electron chi connectivity index (χ3n) is 4.64. The van der Waals surface area contributed by atoms with Crippen LogP contribution in [0.15, 0.2) is 28.7 Å². The zero-order chi connectivity index (χ0) is 15.2. The highest BCUT2D eigenvalue weighted by atomic mass is 35.5. The maximum Gasteiger partial charge on any atom is 0.289 e. The number of nitrogens with zero attached hydrogens (tertiary/aromatic N) is 1. The molecule has 3 rings (SSSR count). The third kappa shape index (κ3) is 2.73. The Hall–Kier alpha value is -1.52. The largest absolute Gasteiger partial charge is 0.451 e. The summed E-state index contributed by atoms with van der Waals surface area (Å²) in [7, 11) is 0. The Morgan fingerprint density at radius 3 is 2.68 bits per heavy atom. The summed E-state index contributed by atoms with van der Waals surface area (Å²) in [6, 6.07) is 7.90. The van der Waals surface area contributed by atoms with Crippen LogP contribution in [-0.2, 0) is 0 Å². The smallest absolute Gasteiger partial charge is 0.289 e. The summed E-state index contributed by atoms with van der Waals surface area (Å²) in [5.41, 5.74) is 7.77. The highest BCUT2D eigenvalue weighted by Gasteiger charge is 2.36. The van der Waals surface area contributed by atoms with Gasteiger partial charge in [-0.1, -0.05) is 32.0 Å². The Balaban J connectivity index is 0.00000176. The Bertz CT molecular complexity index is 693. The van der Waals surface area contributed by atoms with Gasteiger partial charge in [0.1, 0.15) is 5.58 Å². The minimum atomic E-state index is -0.0617. The zero-order valence-electron chi connectivity index (χ0n) is 13.3. The molecule has 1 aromatic heterocycles. The Morgan fingerprint density at radius 2 is 2.05 bits per heavy atom. The average Bonchev–Trinajstić information content (AvgIpc) is 2.79. The lowest BCUT2D eigenvalue weighted by Gasteiger charge is -2.42. The predicted molar refractivity (Wildman–Crippen MR) is 90.5 cm³/mol. The van der Waals surface area contributed by atoms with Crippen LogP contribution in [-0.4, -0.2) is 29.9 Å². The highest BCUT2D eigenvalue weighted by molar-refractivity contribution is 5.99. The molecule has 0 radical (unpaired) electrons. The number of amides is 1. The molecule has 22 heavy (non-hydrogen) atoms. The molecule has 120 valence electrons. The molecule has 1 amide bonds. The molecule has 1 atom stereocenters. The van der Waals surface area contributed by atoms with Crippen molar-refractivity contribution >= 4 is 29.3 Å². The molecule has 2 N–H and O–H groups in total. The predicted octanol–water partition coefficient (Wildman–Crippen LogP) is 3.36. The van der Waals surface area contributed by atoms with E-state index in [9.17, 15) is 4.79 Å². The summed E-state index contributed by atoms with van der Waals surface area (Å²) >= 11 is 0. The van der Waals surface area contributed by atoms with Gasteiger partial charge in [0.15, 0.2) is 5.76 Å². The maximum atomic E-state index is 12.8. The van der Waals surface area contributed by atoms with Gasteiger partial charge in [0.25, 0.3) is 5.91 Å². The lowest BCUT2D eigenvalue weighted by Crippen LogP contribution is -2.54. The molecule has 1 aliphatic heterocycles. The van der Waals surface area contributed by atoms with E-state index in [1.807, 2.05) is 36.1 Å². The van der Waals surface area contributed by atoms with E-state index in [0.717, 1.165) is 23.0 Å². The fourth-order valence-corrected chi connectivity index (χ4v) is 3.07. The van der Waals surface area contributed by atoms with Crippen molar-refractivity contribution in [1.29, 1.82) is 0 Å². The number of rotatable bonds is 1. The van der Waals surface area contributed by atoms with E-state index in [4.69, 9.17) is 10.2 Å². The van der Waals surface area contributed by atoms with Crippen molar-refractivity contribution in [2.24, 2.45) is 11.1 Å². The van der Waals surface area contributed by atoms with Gasteiger partial charge in [0.05, 0.1) is 0 Å². The van der Waals surface area contributed by atoms with Crippen LogP contribution in [0, 0.1) is 12.3 Å². The molecular formula is C17H23ClN2O2. The molecule has 0 aliphatic carbocycles. The van der Waals surface area contributed by atoms with E-state index in [2.05, 4.69) is 13.8 Å². The molecule has 1 aliphatic rings. The fraction of sp³-hybridized carbons (Fsp3) is 0.471. The summed E-state index contributed by atoms with van der Waals surface area (Å²) < 4.78 is 5.79. The standard InChI is InChI=1S/C17H22N2O2.ClH/c1-11-12-6-4-5-7-13(12)21-15(11)16(20)19-9-8-14(18)17(2,3)10-19;/h4-7,14H,8-10,18H2,1-3H3;1H. The lowest BCUT2D eigenvalue weighted by atomic mass is 9.79. The number of aryl methyl sites for hydroxylation is 1. The minimum Gasteiger partial charge on any atom is -0.451 e. The van der Waals surface area contributed by atoms with Crippen molar-refractivity contribution in [1.82, 2.24) is 4.90 Å². The van der Waals surface area contributed by atoms with Gasteiger partial charge < -0.3 is 15.1 Å². The normalized spacial score (nSPS) is 20.7.